The first-order valence-electron chi connectivity index (χ1n) is 7.20. The van der Waals surface area contributed by atoms with Gasteiger partial charge in [0, 0.05) is 28.6 Å². The molecule has 0 radical (unpaired) electrons. The van der Waals surface area contributed by atoms with E-state index in [9.17, 15) is 14.7 Å². The number of aromatic nitrogens is 2. The molecular formula is C16H17ClN2O4. The molecule has 0 unspecified atom stereocenters. The Kier molecular flexibility index (Phi) is 3.82. The van der Waals surface area contributed by atoms with Crippen LogP contribution in [0.5, 0.6) is 0 Å². The molecule has 2 aromatic rings. The second-order valence-corrected chi connectivity index (χ2v) is 6.47. The van der Waals surface area contributed by atoms with E-state index in [1.807, 2.05) is 0 Å². The Morgan fingerprint density at radius 2 is 2.00 bits per heavy atom. The first kappa shape index (κ1) is 15.8. The van der Waals surface area contributed by atoms with Crippen molar-refractivity contribution in [3.8, 4) is 0 Å². The second kappa shape index (κ2) is 5.54. The maximum absolute atomic E-state index is 12.3. The molecule has 1 aromatic heterocycles. The molecule has 0 aliphatic heterocycles. The molecule has 1 heterocycles. The Morgan fingerprint density at radius 1 is 1.35 bits per heavy atom. The summed E-state index contributed by atoms with van der Waals surface area (Å²) in [7, 11) is 1.27. The van der Waals surface area contributed by atoms with Crippen molar-refractivity contribution in [1.82, 2.24) is 10.2 Å². The number of aliphatic hydroxyl groups is 1. The number of benzene rings is 1. The van der Waals surface area contributed by atoms with E-state index >= 15 is 0 Å². The number of esters is 1. The molecule has 0 saturated carbocycles. The molecular weight excluding hydrogens is 320 g/mol. The van der Waals surface area contributed by atoms with Crippen LogP contribution in [0, 0.1) is 5.92 Å². The molecule has 3 rings (SSSR count). The molecule has 0 fully saturated rings. The van der Waals surface area contributed by atoms with Gasteiger partial charge in [0.25, 0.3) is 5.56 Å². The highest BCUT2D eigenvalue weighted by atomic mass is 35.5. The Bertz CT molecular complexity index is 791. The van der Waals surface area contributed by atoms with Crippen molar-refractivity contribution in [3.63, 3.8) is 0 Å². The van der Waals surface area contributed by atoms with Gasteiger partial charge in [-0.1, -0.05) is 23.7 Å². The predicted octanol–water partition coefficient (Wildman–Crippen LogP) is 1.58. The summed E-state index contributed by atoms with van der Waals surface area (Å²) >= 11 is 5.93. The van der Waals surface area contributed by atoms with E-state index in [4.69, 9.17) is 16.3 Å². The highest BCUT2D eigenvalue weighted by molar-refractivity contribution is 6.30. The van der Waals surface area contributed by atoms with Crippen LogP contribution in [0.4, 0.5) is 0 Å². The smallest absolute Gasteiger partial charge is 0.312 e. The van der Waals surface area contributed by atoms with Crippen molar-refractivity contribution in [2.45, 2.75) is 24.9 Å². The first-order valence-corrected chi connectivity index (χ1v) is 7.58. The maximum Gasteiger partial charge on any atom is 0.312 e. The standard InChI is InChI=1S/C16H17ClN2O4/c1-16(22)7-10-12(14(20)19-18-10)11(13(16)15(21)23-2)8-3-5-9(17)6-4-8/h3-6,11,13,22H,7H2,1-2H3,(H2,18,19,20)/t11-,13-,16-/m0/s1. The third-order valence-electron chi connectivity index (χ3n) is 4.43. The average molecular weight is 337 g/mol. The normalized spacial score (nSPS) is 26.6. The number of hydrogen-bond acceptors (Lipinski definition) is 4. The van der Waals surface area contributed by atoms with Gasteiger partial charge in [0.15, 0.2) is 0 Å². The van der Waals surface area contributed by atoms with Gasteiger partial charge in [0.1, 0.15) is 0 Å². The molecule has 7 heteroatoms. The summed E-state index contributed by atoms with van der Waals surface area (Å²) in [6.45, 7) is 1.58. The van der Waals surface area contributed by atoms with Gasteiger partial charge in [0.2, 0.25) is 0 Å². The number of carbonyl (C=O) groups excluding carboxylic acids is 1. The van der Waals surface area contributed by atoms with E-state index < -0.39 is 23.4 Å². The van der Waals surface area contributed by atoms with Gasteiger partial charge in [-0.25, -0.2) is 0 Å². The van der Waals surface area contributed by atoms with Crippen LogP contribution in [-0.4, -0.2) is 34.0 Å². The third-order valence-corrected chi connectivity index (χ3v) is 4.68. The number of nitrogens with one attached hydrogen (secondary N) is 2. The number of aromatic amines is 2. The summed E-state index contributed by atoms with van der Waals surface area (Å²) < 4.78 is 4.88. The monoisotopic (exact) mass is 336 g/mol. The van der Waals surface area contributed by atoms with Crippen molar-refractivity contribution < 1.29 is 14.6 Å². The van der Waals surface area contributed by atoms with E-state index in [1.165, 1.54) is 7.11 Å². The number of halogens is 1. The fourth-order valence-corrected chi connectivity index (χ4v) is 3.54. The Morgan fingerprint density at radius 3 is 2.61 bits per heavy atom. The van der Waals surface area contributed by atoms with Gasteiger partial charge in [-0.2, -0.15) is 0 Å². The average Bonchev–Trinajstić information content (AvgIpc) is 2.85. The lowest BCUT2D eigenvalue weighted by molar-refractivity contribution is -0.156. The van der Waals surface area contributed by atoms with E-state index in [0.29, 0.717) is 16.3 Å². The lowest BCUT2D eigenvalue weighted by atomic mass is 9.66. The van der Waals surface area contributed by atoms with Crippen LogP contribution < -0.4 is 5.56 Å². The molecule has 0 amide bonds. The van der Waals surface area contributed by atoms with Crippen molar-refractivity contribution in [2.24, 2.45) is 5.92 Å². The maximum atomic E-state index is 12.3. The molecule has 3 atom stereocenters. The number of methoxy groups -OCH3 is 1. The van der Waals surface area contributed by atoms with Crippen LogP contribution >= 0.6 is 11.6 Å². The topological polar surface area (TPSA) is 95.2 Å². The van der Waals surface area contributed by atoms with Gasteiger partial charge in [0.05, 0.1) is 18.6 Å². The lowest BCUT2D eigenvalue weighted by Crippen LogP contribution is -2.49. The molecule has 0 saturated heterocycles. The second-order valence-electron chi connectivity index (χ2n) is 6.04. The fraction of sp³-hybridized carbons (Fsp3) is 0.375. The fourth-order valence-electron chi connectivity index (χ4n) is 3.41. The molecule has 0 spiro atoms. The van der Waals surface area contributed by atoms with Crippen molar-refractivity contribution in [2.75, 3.05) is 7.11 Å². The minimum Gasteiger partial charge on any atom is -0.469 e. The zero-order valence-electron chi connectivity index (χ0n) is 12.7. The zero-order chi connectivity index (χ0) is 16.8. The van der Waals surface area contributed by atoms with Crippen LogP contribution in [0.15, 0.2) is 29.1 Å². The summed E-state index contributed by atoms with van der Waals surface area (Å²) in [6.07, 6.45) is 0.158. The van der Waals surface area contributed by atoms with Crippen molar-refractivity contribution in [1.29, 1.82) is 0 Å². The Hall–Kier alpha value is -2.05. The number of ether oxygens (including phenoxy) is 1. The molecule has 3 N–H and O–H groups in total. The molecule has 1 aromatic carbocycles. The molecule has 1 aliphatic rings. The Balaban J connectivity index is 2.24. The Labute approximate surface area is 137 Å². The largest absolute Gasteiger partial charge is 0.469 e. The molecule has 0 bridgehead atoms. The third kappa shape index (κ3) is 2.58. The van der Waals surface area contributed by atoms with Gasteiger partial charge >= 0.3 is 5.97 Å². The van der Waals surface area contributed by atoms with Gasteiger partial charge in [-0.15, -0.1) is 0 Å². The quantitative estimate of drug-likeness (QED) is 0.726. The van der Waals surface area contributed by atoms with Gasteiger partial charge < -0.3 is 14.9 Å². The lowest BCUT2D eigenvalue weighted by Gasteiger charge is -2.40. The van der Waals surface area contributed by atoms with Crippen LogP contribution in [0.25, 0.3) is 0 Å². The zero-order valence-corrected chi connectivity index (χ0v) is 13.5. The number of H-pyrrole nitrogens is 2. The molecule has 23 heavy (non-hydrogen) atoms. The van der Waals surface area contributed by atoms with Crippen LogP contribution in [0.1, 0.15) is 29.7 Å². The molecule has 1 aliphatic carbocycles. The van der Waals surface area contributed by atoms with Gasteiger partial charge in [-0.05, 0) is 24.6 Å². The summed E-state index contributed by atoms with van der Waals surface area (Å²) in [5.74, 6) is -2.06. The van der Waals surface area contributed by atoms with Crippen molar-refractivity contribution in [3.05, 3.63) is 56.5 Å². The summed E-state index contributed by atoms with van der Waals surface area (Å²) in [5.41, 5.74) is 0.116. The number of fused-ring (bicyclic) bond motifs is 1. The van der Waals surface area contributed by atoms with E-state index in [0.717, 1.165) is 5.56 Å². The predicted molar refractivity (Wildman–Crippen MR) is 84.5 cm³/mol. The summed E-state index contributed by atoms with van der Waals surface area (Å²) in [4.78, 5) is 24.6. The van der Waals surface area contributed by atoms with Gasteiger partial charge in [-0.3, -0.25) is 14.7 Å². The van der Waals surface area contributed by atoms with E-state index in [-0.39, 0.29) is 12.0 Å². The van der Waals surface area contributed by atoms with Crippen LogP contribution in [0.3, 0.4) is 0 Å². The minimum absolute atomic E-state index is 0.158. The summed E-state index contributed by atoms with van der Waals surface area (Å²) in [5, 5.41) is 16.7. The SMILES string of the molecule is COC(=O)[C@@H]1[C@@H](c2ccc(Cl)cc2)c2c([nH][nH]c2=O)C[C@]1(C)O. The molecule has 122 valence electrons. The molecule has 6 nitrogen and oxygen atoms in total. The number of hydrogen-bond donors (Lipinski definition) is 3. The minimum atomic E-state index is -1.35. The van der Waals surface area contributed by atoms with E-state index in [2.05, 4.69) is 10.2 Å². The van der Waals surface area contributed by atoms with Crippen LogP contribution in [0.2, 0.25) is 5.02 Å². The van der Waals surface area contributed by atoms with Crippen LogP contribution in [-0.2, 0) is 16.0 Å². The highest BCUT2D eigenvalue weighted by Gasteiger charge is 2.51. The van der Waals surface area contributed by atoms with Crippen molar-refractivity contribution >= 4 is 17.6 Å². The summed E-state index contributed by atoms with van der Waals surface area (Å²) in [6, 6.07) is 6.88. The van der Waals surface area contributed by atoms with E-state index in [1.54, 1.807) is 31.2 Å². The highest BCUT2D eigenvalue weighted by Crippen LogP contribution is 2.44. The number of rotatable bonds is 2. The number of carbonyl (C=O) groups is 1. The first-order chi connectivity index (χ1) is 10.8.